The van der Waals surface area contributed by atoms with Crippen molar-refractivity contribution in [3.63, 3.8) is 0 Å². The molecule has 0 bridgehead atoms. The fraction of sp³-hybridized carbons (Fsp3) is 0.143. The zero-order valence-electron chi connectivity index (χ0n) is 15.5. The Hall–Kier alpha value is -2.77. The molecule has 28 heavy (non-hydrogen) atoms. The number of fused-ring (bicyclic) bond motifs is 1. The van der Waals surface area contributed by atoms with Gasteiger partial charge in [0, 0.05) is 12.5 Å². The van der Waals surface area contributed by atoms with E-state index in [-0.39, 0.29) is 16.4 Å². The monoisotopic (exact) mass is 408 g/mol. The quantitative estimate of drug-likeness (QED) is 0.528. The van der Waals surface area contributed by atoms with Gasteiger partial charge >= 0.3 is 0 Å². The van der Waals surface area contributed by atoms with Gasteiger partial charge in [0.1, 0.15) is 0 Å². The highest BCUT2D eigenvalue weighted by atomic mass is 32.2. The van der Waals surface area contributed by atoms with Crippen LogP contribution < -0.4 is 9.80 Å². The largest absolute Gasteiger partial charge is 0.274 e. The highest BCUT2D eigenvalue weighted by Crippen LogP contribution is 2.45. The number of hydrogen-bond acceptors (Lipinski definition) is 5. The minimum atomic E-state index is -0.491. The first-order chi connectivity index (χ1) is 13.3. The predicted octanol–water partition coefficient (Wildman–Crippen LogP) is 3.97. The summed E-state index contributed by atoms with van der Waals surface area (Å²) in [6.07, 6.45) is 0. The van der Waals surface area contributed by atoms with E-state index in [2.05, 4.69) is 0 Å². The number of rotatable bonds is 1. The molecule has 0 unspecified atom stereocenters. The van der Waals surface area contributed by atoms with Gasteiger partial charge in [-0.1, -0.05) is 54.3 Å². The van der Waals surface area contributed by atoms with Crippen LogP contribution in [0.5, 0.6) is 0 Å². The molecule has 2 heterocycles. The van der Waals surface area contributed by atoms with Crippen molar-refractivity contribution in [2.45, 2.75) is 20.8 Å². The van der Waals surface area contributed by atoms with Crippen LogP contribution in [-0.4, -0.2) is 22.0 Å². The Morgan fingerprint density at radius 2 is 1.71 bits per heavy atom. The van der Waals surface area contributed by atoms with Gasteiger partial charge in [-0.2, -0.15) is 0 Å². The average molecular weight is 409 g/mol. The second kappa shape index (κ2) is 6.68. The predicted molar refractivity (Wildman–Crippen MR) is 115 cm³/mol. The van der Waals surface area contributed by atoms with Gasteiger partial charge in [0.25, 0.3) is 11.8 Å². The summed E-state index contributed by atoms with van der Waals surface area (Å²) in [5, 5.41) is 0. The van der Waals surface area contributed by atoms with Crippen molar-refractivity contribution >= 4 is 63.0 Å². The van der Waals surface area contributed by atoms with Crippen LogP contribution in [-0.2, 0) is 14.4 Å². The van der Waals surface area contributed by atoms with Gasteiger partial charge in [-0.15, -0.1) is 0 Å². The fourth-order valence-corrected chi connectivity index (χ4v) is 4.79. The van der Waals surface area contributed by atoms with E-state index in [0.29, 0.717) is 21.3 Å². The Bertz CT molecular complexity index is 1120. The van der Waals surface area contributed by atoms with E-state index < -0.39 is 11.8 Å². The molecule has 0 aliphatic carbocycles. The van der Waals surface area contributed by atoms with Gasteiger partial charge < -0.3 is 0 Å². The molecule has 0 aromatic heterocycles. The first-order valence-corrected chi connectivity index (χ1v) is 9.86. The number of carbonyl (C=O) groups excluding carboxylic acids is 3. The number of imide groups is 1. The maximum absolute atomic E-state index is 13.3. The van der Waals surface area contributed by atoms with E-state index in [1.54, 1.807) is 24.3 Å². The number of benzene rings is 2. The molecule has 1 fully saturated rings. The van der Waals surface area contributed by atoms with Crippen LogP contribution in [0.25, 0.3) is 5.57 Å². The van der Waals surface area contributed by atoms with Gasteiger partial charge in [0.2, 0.25) is 5.91 Å². The number of hydrogen-bond donors (Lipinski definition) is 0. The molecule has 0 N–H and O–H groups in total. The number of thioether (sulfide) groups is 1. The number of thiocarbonyl (C=S) groups is 1. The molecule has 0 spiro atoms. The van der Waals surface area contributed by atoms with Crippen LogP contribution in [0.2, 0.25) is 0 Å². The lowest BCUT2D eigenvalue weighted by atomic mass is 10.1. The third kappa shape index (κ3) is 2.70. The number of anilines is 2. The van der Waals surface area contributed by atoms with Crippen LogP contribution in [0.15, 0.2) is 47.4 Å². The third-order valence-electron chi connectivity index (χ3n) is 4.75. The van der Waals surface area contributed by atoms with Crippen molar-refractivity contribution in [2.75, 3.05) is 9.80 Å². The lowest BCUT2D eigenvalue weighted by molar-refractivity contribution is -0.122. The normalized spacial score (nSPS) is 18.9. The summed E-state index contributed by atoms with van der Waals surface area (Å²) in [6.45, 7) is 5.19. The number of aryl methyl sites for hydroxylation is 2. The molecule has 1 saturated heterocycles. The summed E-state index contributed by atoms with van der Waals surface area (Å²) in [4.78, 5) is 41.2. The lowest BCUT2D eigenvalue weighted by Gasteiger charge is -2.18. The standard InChI is InChI=1S/C21H16N2O3S2/c1-11-8-9-12(2)16(10-11)23-20(26)18(28-21(23)27)17-14-6-4-5-7-15(14)22(13(3)24)19(17)25/h4-10H,1-3H3/b18-17-. The van der Waals surface area contributed by atoms with Crippen molar-refractivity contribution in [3.8, 4) is 0 Å². The molecule has 2 aliphatic heterocycles. The minimum Gasteiger partial charge on any atom is -0.274 e. The van der Waals surface area contributed by atoms with Crippen molar-refractivity contribution in [3.05, 3.63) is 64.1 Å². The first kappa shape index (κ1) is 18.6. The molecule has 0 atom stereocenters. The highest BCUT2D eigenvalue weighted by molar-refractivity contribution is 8.27. The van der Waals surface area contributed by atoms with Crippen LogP contribution in [0.4, 0.5) is 11.4 Å². The third-order valence-corrected chi connectivity index (χ3v) is 6.12. The van der Waals surface area contributed by atoms with E-state index in [9.17, 15) is 14.4 Å². The van der Waals surface area contributed by atoms with E-state index in [1.165, 1.54) is 11.8 Å². The van der Waals surface area contributed by atoms with Gasteiger partial charge in [-0.3, -0.25) is 19.3 Å². The van der Waals surface area contributed by atoms with E-state index in [4.69, 9.17) is 12.2 Å². The van der Waals surface area contributed by atoms with E-state index >= 15 is 0 Å². The molecular weight excluding hydrogens is 392 g/mol. The van der Waals surface area contributed by atoms with Crippen LogP contribution in [0.3, 0.4) is 0 Å². The molecule has 0 saturated carbocycles. The van der Waals surface area contributed by atoms with Crippen LogP contribution >= 0.6 is 24.0 Å². The highest BCUT2D eigenvalue weighted by Gasteiger charge is 2.43. The maximum atomic E-state index is 13.3. The molecule has 140 valence electrons. The summed E-state index contributed by atoms with van der Waals surface area (Å²) in [5.41, 5.74) is 3.93. The molecule has 5 nitrogen and oxygen atoms in total. The zero-order chi connectivity index (χ0) is 20.2. The van der Waals surface area contributed by atoms with Gasteiger partial charge in [-0.25, -0.2) is 4.90 Å². The Morgan fingerprint density at radius 1 is 1.00 bits per heavy atom. The van der Waals surface area contributed by atoms with Crippen LogP contribution in [0.1, 0.15) is 23.6 Å². The number of para-hydroxylation sites is 1. The van der Waals surface area contributed by atoms with Crippen molar-refractivity contribution in [1.82, 2.24) is 0 Å². The van der Waals surface area contributed by atoms with Crippen molar-refractivity contribution < 1.29 is 14.4 Å². The second-order valence-corrected chi connectivity index (χ2v) is 8.32. The average Bonchev–Trinajstić information content (AvgIpc) is 3.09. The van der Waals surface area contributed by atoms with Gasteiger partial charge in [-0.05, 0) is 37.1 Å². The zero-order valence-corrected chi connectivity index (χ0v) is 17.1. The first-order valence-electron chi connectivity index (χ1n) is 8.63. The molecule has 4 rings (SSSR count). The topological polar surface area (TPSA) is 57.7 Å². The van der Waals surface area contributed by atoms with Crippen molar-refractivity contribution in [1.29, 1.82) is 0 Å². The van der Waals surface area contributed by atoms with Gasteiger partial charge in [0.05, 0.1) is 21.9 Å². The summed E-state index contributed by atoms with van der Waals surface area (Å²) in [5.74, 6) is -1.22. The SMILES string of the molecule is CC(=O)N1C(=O)/C(=C2\SC(=S)N(c3cc(C)ccc3C)C2=O)c2ccccc21. The second-order valence-electron chi connectivity index (χ2n) is 6.68. The number of amides is 3. The van der Waals surface area contributed by atoms with Crippen molar-refractivity contribution in [2.24, 2.45) is 0 Å². The summed E-state index contributed by atoms with van der Waals surface area (Å²) >= 11 is 6.57. The Labute approximate surface area is 172 Å². The minimum absolute atomic E-state index is 0.232. The van der Waals surface area contributed by atoms with Crippen LogP contribution in [0, 0.1) is 13.8 Å². The fourth-order valence-electron chi connectivity index (χ4n) is 3.44. The molecule has 2 aromatic carbocycles. The maximum Gasteiger partial charge on any atom is 0.271 e. The van der Waals surface area contributed by atoms with Gasteiger partial charge in [0.15, 0.2) is 4.32 Å². The molecule has 7 heteroatoms. The van der Waals surface area contributed by atoms with E-state index in [1.807, 2.05) is 32.0 Å². The number of carbonyl (C=O) groups is 3. The Balaban J connectivity index is 1.88. The number of nitrogens with zero attached hydrogens (tertiary/aromatic N) is 2. The lowest BCUT2D eigenvalue weighted by Crippen LogP contribution is -2.32. The molecule has 2 aliphatic rings. The summed E-state index contributed by atoms with van der Waals surface area (Å²) < 4.78 is 0.368. The Kier molecular flexibility index (Phi) is 4.44. The summed E-state index contributed by atoms with van der Waals surface area (Å²) in [7, 11) is 0. The molecular formula is C21H16N2O3S2. The van der Waals surface area contributed by atoms with E-state index in [0.717, 1.165) is 27.8 Å². The molecule has 2 aromatic rings. The Morgan fingerprint density at radius 3 is 2.43 bits per heavy atom. The summed E-state index contributed by atoms with van der Waals surface area (Å²) in [6, 6.07) is 12.8. The molecule has 3 amide bonds. The molecule has 0 radical (unpaired) electrons. The smallest absolute Gasteiger partial charge is 0.271 e.